The number of thiazole rings is 1. The minimum Gasteiger partial charge on any atom is -0.315 e. The van der Waals surface area contributed by atoms with Crippen LogP contribution in [0.5, 0.6) is 0 Å². The summed E-state index contributed by atoms with van der Waals surface area (Å²) in [7, 11) is 0.240. The number of sulfonamides is 1. The number of aromatic amines is 1. The third kappa shape index (κ3) is 4.69. The highest BCUT2D eigenvalue weighted by Crippen LogP contribution is 2.16. The lowest BCUT2D eigenvalue weighted by Gasteiger charge is -2.26. The predicted molar refractivity (Wildman–Crippen MR) is 81.8 cm³/mol. The molecule has 0 radical (unpaired) electrons. The summed E-state index contributed by atoms with van der Waals surface area (Å²) in [5, 5.41) is 0. The summed E-state index contributed by atoms with van der Waals surface area (Å²) in [6.07, 6.45) is 0.901. The molecular formula is C12H23N3O3S2. The van der Waals surface area contributed by atoms with Crippen LogP contribution in [0.3, 0.4) is 0 Å². The van der Waals surface area contributed by atoms with E-state index in [1.54, 1.807) is 6.92 Å². The van der Waals surface area contributed by atoms with Crippen molar-refractivity contribution in [3.05, 3.63) is 15.4 Å². The highest BCUT2D eigenvalue weighted by atomic mass is 32.2. The van der Waals surface area contributed by atoms with Crippen LogP contribution in [0.2, 0.25) is 0 Å². The Kier molecular flexibility index (Phi) is 5.93. The maximum absolute atomic E-state index is 12.2. The van der Waals surface area contributed by atoms with Crippen LogP contribution in [0.4, 0.5) is 0 Å². The summed E-state index contributed by atoms with van der Waals surface area (Å²) in [5.74, 6) is 0.483. The largest absolute Gasteiger partial charge is 0.315 e. The average molecular weight is 321 g/mol. The van der Waals surface area contributed by atoms with E-state index < -0.39 is 10.0 Å². The van der Waals surface area contributed by atoms with E-state index >= 15 is 0 Å². The van der Waals surface area contributed by atoms with E-state index in [2.05, 4.69) is 23.6 Å². The molecule has 116 valence electrons. The molecule has 8 heteroatoms. The van der Waals surface area contributed by atoms with Crippen molar-refractivity contribution in [2.75, 3.05) is 20.6 Å². The van der Waals surface area contributed by atoms with Crippen molar-refractivity contribution in [3.63, 3.8) is 0 Å². The number of rotatable bonds is 7. The number of nitrogens with zero attached hydrogens (tertiary/aromatic N) is 1. The van der Waals surface area contributed by atoms with E-state index in [1.165, 1.54) is 0 Å². The number of H-pyrrole nitrogens is 1. The first-order chi connectivity index (χ1) is 9.13. The van der Waals surface area contributed by atoms with E-state index in [0.29, 0.717) is 18.2 Å². The van der Waals surface area contributed by atoms with Crippen LogP contribution in [0.1, 0.15) is 26.0 Å². The normalized spacial score (nSPS) is 14.2. The van der Waals surface area contributed by atoms with Gasteiger partial charge in [-0.2, -0.15) is 0 Å². The quantitative estimate of drug-likeness (QED) is 0.785. The predicted octanol–water partition coefficient (Wildman–Crippen LogP) is 0.999. The van der Waals surface area contributed by atoms with Gasteiger partial charge in [0.25, 0.3) is 10.0 Å². The first-order valence-electron chi connectivity index (χ1n) is 6.49. The number of nitrogens with one attached hydrogen (secondary N) is 2. The van der Waals surface area contributed by atoms with Gasteiger partial charge < -0.3 is 9.88 Å². The average Bonchev–Trinajstić information content (AvgIpc) is 2.63. The highest BCUT2D eigenvalue weighted by molar-refractivity contribution is 7.91. The Bertz CT molecular complexity index is 587. The minimum atomic E-state index is -3.62. The Balaban J connectivity index is 2.81. The maximum Gasteiger partial charge on any atom is 0.305 e. The molecule has 1 rings (SSSR count). The van der Waals surface area contributed by atoms with Gasteiger partial charge >= 0.3 is 4.87 Å². The van der Waals surface area contributed by atoms with Gasteiger partial charge in [-0.25, -0.2) is 13.1 Å². The van der Waals surface area contributed by atoms with Crippen molar-refractivity contribution in [1.82, 2.24) is 14.6 Å². The fraction of sp³-hybridized carbons (Fsp3) is 0.750. The molecular weight excluding hydrogens is 298 g/mol. The Morgan fingerprint density at radius 3 is 2.35 bits per heavy atom. The monoisotopic (exact) mass is 321 g/mol. The third-order valence-corrected chi connectivity index (χ3v) is 6.04. The van der Waals surface area contributed by atoms with Crippen LogP contribution in [-0.2, 0) is 10.0 Å². The second-order valence-electron chi connectivity index (χ2n) is 5.53. The lowest BCUT2D eigenvalue weighted by atomic mass is 10.0. The number of likely N-dealkylation sites (N-methyl/N-ethyl adjacent to an activating group) is 1. The zero-order valence-corrected chi connectivity index (χ0v) is 14.2. The van der Waals surface area contributed by atoms with Crippen LogP contribution in [-0.4, -0.2) is 45.0 Å². The fourth-order valence-electron chi connectivity index (χ4n) is 1.94. The Labute approximate surface area is 124 Å². The van der Waals surface area contributed by atoms with E-state index in [9.17, 15) is 13.2 Å². The molecule has 0 bridgehead atoms. The Morgan fingerprint density at radius 2 is 1.95 bits per heavy atom. The summed E-state index contributed by atoms with van der Waals surface area (Å²) in [6.45, 7) is 6.13. The maximum atomic E-state index is 12.2. The molecule has 0 fully saturated rings. The molecule has 0 saturated heterocycles. The zero-order chi connectivity index (χ0) is 15.5. The summed E-state index contributed by atoms with van der Waals surface area (Å²) in [6, 6.07) is 0.126. The van der Waals surface area contributed by atoms with Gasteiger partial charge in [0, 0.05) is 18.3 Å². The molecule has 0 spiro atoms. The van der Waals surface area contributed by atoms with Gasteiger partial charge in [-0.3, -0.25) is 4.79 Å². The molecule has 20 heavy (non-hydrogen) atoms. The Hall–Kier alpha value is -0.700. The van der Waals surface area contributed by atoms with Crippen LogP contribution >= 0.6 is 11.3 Å². The van der Waals surface area contributed by atoms with E-state index in [-0.39, 0.29) is 15.1 Å². The second kappa shape index (κ2) is 6.84. The lowest BCUT2D eigenvalue weighted by Crippen LogP contribution is -2.40. The first-order valence-corrected chi connectivity index (χ1v) is 8.79. The van der Waals surface area contributed by atoms with Crippen molar-refractivity contribution in [2.45, 2.75) is 37.4 Å². The Morgan fingerprint density at radius 1 is 1.35 bits per heavy atom. The molecule has 0 saturated carbocycles. The standard InChI is InChI=1S/C12H23N3O3S2/c1-8(2)6-10(15(4)5)7-13-20(17,18)11-9(3)14-12(16)19-11/h8,10,13H,6-7H2,1-5H3,(H,14,16). The highest BCUT2D eigenvalue weighted by Gasteiger charge is 2.23. The molecule has 0 aliphatic carbocycles. The third-order valence-electron chi connectivity index (χ3n) is 3.01. The van der Waals surface area contributed by atoms with Crippen molar-refractivity contribution < 1.29 is 8.42 Å². The van der Waals surface area contributed by atoms with Crippen molar-refractivity contribution in [1.29, 1.82) is 0 Å². The smallest absolute Gasteiger partial charge is 0.305 e. The van der Waals surface area contributed by atoms with E-state index in [4.69, 9.17) is 0 Å². The first kappa shape index (κ1) is 17.4. The van der Waals surface area contributed by atoms with Gasteiger partial charge in [-0.05, 0) is 33.4 Å². The van der Waals surface area contributed by atoms with Crippen LogP contribution in [0.15, 0.2) is 9.00 Å². The molecule has 0 aliphatic heterocycles. The number of aryl methyl sites for hydroxylation is 1. The van der Waals surface area contributed by atoms with Crippen LogP contribution < -0.4 is 9.60 Å². The fourth-order valence-corrected chi connectivity index (χ4v) is 4.36. The molecule has 1 unspecified atom stereocenters. The molecule has 1 aromatic heterocycles. The summed E-state index contributed by atoms with van der Waals surface area (Å²) in [4.78, 5) is 15.4. The summed E-state index contributed by atoms with van der Waals surface area (Å²) >= 11 is 0.720. The number of hydrogen-bond donors (Lipinski definition) is 2. The number of hydrogen-bond acceptors (Lipinski definition) is 5. The molecule has 0 aromatic carbocycles. The SMILES string of the molecule is Cc1[nH]c(=O)sc1S(=O)(=O)NCC(CC(C)C)N(C)C. The van der Waals surface area contributed by atoms with Gasteiger partial charge in [0.1, 0.15) is 0 Å². The van der Waals surface area contributed by atoms with Crippen LogP contribution in [0.25, 0.3) is 0 Å². The lowest BCUT2D eigenvalue weighted by molar-refractivity contribution is 0.255. The van der Waals surface area contributed by atoms with Crippen molar-refractivity contribution in [2.24, 2.45) is 5.92 Å². The number of aromatic nitrogens is 1. The van der Waals surface area contributed by atoms with Gasteiger partial charge in [0.15, 0.2) is 4.21 Å². The molecule has 0 amide bonds. The van der Waals surface area contributed by atoms with Gasteiger partial charge in [-0.1, -0.05) is 25.2 Å². The topological polar surface area (TPSA) is 82.3 Å². The van der Waals surface area contributed by atoms with Crippen molar-refractivity contribution in [3.8, 4) is 0 Å². The van der Waals surface area contributed by atoms with E-state index in [0.717, 1.165) is 17.8 Å². The summed E-state index contributed by atoms with van der Waals surface area (Å²) < 4.78 is 27.1. The van der Waals surface area contributed by atoms with Gasteiger partial charge in [-0.15, -0.1) is 0 Å². The summed E-state index contributed by atoms with van der Waals surface area (Å²) in [5.41, 5.74) is 0.387. The molecule has 6 nitrogen and oxygen atoms in total. The zero-order valence-electron chi connectivity index (χ0n) is 12.6. The molecule has 2 N–H and O–H groups in total. The van der Waals surface area contributed by atoms with Gasteiger partial charge in [0.05, 0.1) is 0 Å². The minimum absolute atomic E-state index is 0.0737. The second-order valence-corrected chi connectivity index (χ2v) is 8.47. The molecule has 1 heterocycles. The van der Waals surface area contributed by atoms with Crippen LogP contribution in [0, 0.1) is 12.8 Å². The van der Waals surface area contributed by atoms with E-state index in [1.807, 2.05) is 19.0 Å². The molecule has 1 atom stereocenters. The van der Waals surface area contributed by atoms with Crippen molar-refractivity contribution >= 4 is 21.4 Å². The van der Waals surface area contributed by atoms with Gasteiger partial charge in [0.2, 0.25) is 0 Å². The molecule has 0 aliphatic rings. The molecule has 1 aromatic rings.